The molecule has 2 aliphatic carbocycles. The highest BCUT2D eigenvalue weighted by Gasteiger charge is 2.48. The Hall–Kier alpha value is -7.22. The topological polar surface area (TPSA) is 3.24 Å². The van der Waals surface area contributed by atoms with Crippen LogP contribution in [-0.4, -0.2) is 0 Å². The van der Waals surface area contributed by atoms with Crippen molar-refractivity contribution in [3.05, 3.63) is 258 Å². The molecule has 0 heterocycles. The van der Waals surface area contributed by atoms with E-state index in [0.29, 0.717) is 0 Å². The molecule has 11 rings (SSSR count). The van der Waals surface area contributed by atoms with Crippen LogP contribution >= 0.6 is 0 Å². The molecule has 59 heavy (non-hydrogen) atoms. The third kappa shape index (κ3) is 5.31. The zero-order valence-corrected chi connectivity index (χ0v) is 33.3. The number of hydrogen-bond acceptors (Lipinski definition) is 1. The smallest absolute Gasteiger partial charge is 0.0734 e. The highest BCUT2D eigenvalue weighted by molar-refractivity contribution is 5.95. The van der Waals surface area contributed by atoms with Gasteiger partial charge in [-0.3, -0.25) is 0 Å². The maximum Gasteiger partial charge on any atom is 0.0734 e. The molecule has 2 aliphatic rings. The molecule has 9 aromatic carbocycles. The van der Waals surface area contributed by atoms with Crippen molar-refractivity contribution >= 4 is 17.1 Å². The van der Waals surface area contributed by atoms with Crippen LogP contribution in [0.3, 0.4) is 0 Å². The van der Waals surface area contributed by atoms with Crippen LogP contribution in [0.2, 0.25) is 0 Å². The molecule has 1 heteroatoms. The summed E-state index contributed by atoms with van der Waals surface area (Å²) in [5.74, 6) is 0. The Bertz CT molecular complexity index is 2940. The van der Waals surface area contributed by atoms with E-state index >= 15 is 0 Å². The van der Waals surface area contributed by atoms with Crippen LogP contribution in [-0.2, 0) is 10.8 Å². The lowest BCUT2D eigenvalue weighted by molar-refractivity contribution is 0.662. The van der Waals surface area contributed by atoms with E-state index in [1.807, 2.05) is 0 Å². The van der Waals surface area contributed by atoms with Crippen LogP contribution in [0.4, 0.5) is 17.1 Å². The lowest BCUT2D eigenvalue weighted by Crippen LogP contribution is -2.30. The summed E-state index contributed by atoms with van der Waals surface area (Å²) in [7, 11) is 0. The molecule has 0 atom stereocenters. The van der Waals surface area contributed by atoms with Crippen molar-refractivity contribution in [3.8, 4) is 44.5 Å². The van der Waals surface area contributed by atoms with E-state index in [2.05, 4.69) is 243 Å². The van der Waals surface area contributed by atoms with Crippen LogP contribution in [0.25, 0.3) is 44.5 Å². The monoisotopic (exact) mass is 753 g/mol. The fourth-order valence-corrected chi connectivity index (χ4v) is 10.4. The van der Waals surface area contributed by atoms with Gasteiger partial charge in [0.15, 0.2) is 0 Å². The molecule has 0 radical (unpaired) electrons. The van der Waals surface area contributed by atoms with E-state index < -0.39 is 5.41 Å². The minimum Gasteiger partial charge on any atom is -0.310 e. The maximum atomic E-state index is 2.47. The summed E-state index contributed by atoms with van der Waals surface area (Å²) < 4.78 is 0. The van der Waals surface area contributed by atoms with E-state index in [-0.39, 0.29) is 5.41 Å². The average molecular weight is 754 g/mol. The first-order valence-corrected chi connectivity index (χ1v) is 20.7. The van der Waals surface area contributed by atoms with Crippen molar-refractivity contribution < 1.29 is 0 Å². The van der Waals surface area contributed by atoms with Crippen molar-refractivity contribution in [2.45, 2.75) is 24.7 Å². The number of hydrogen-bond donors (Lipinski definition) is 0. The number of nitrogens with zero attached hydrogens (tertiary/aromatic N) is 1. The lowest BCUT2D eigenvalue weighted by Gasteiger charge is -2.38. The molecular weight excluding hydrogens is 711 g/mol. The maximum absolute atomic E-state index is 2.47. The van der Waals surface area contributed by atoms with E-state index in [1.54, 1.807) is 0 Å². The van der Waals surface area contributed by atoms with E-state index in [4.69, 9.17) is 0 Å². The van der Waals surface area contributed by atoms with Crippen molar-refractivity contribution in [1.82, 2.24) is 0 Å². The number of benzene rings is 9. The molecule has 0 aliphatic heterocycles. The van der Waals surface area contributed by atoms with Gasteiger partial charge in [-0.2, -0.15) is 0 Å². The molecule has 280 valence electrons. The van der Waals surface area contributed by atoms with Gasteiger partial charge in [0.25, 0.3) is 0 Å². The second kappa shape index (κ2) is 13.7. The average Bonchev–Trinajstić information content (AvgIpc) is 3.74. The zero-order chi connectivity index (χ0) is 39.6. The Morgan fingerprint density at radius 1 is 0.322 bits per heavy atom. The Morgan fingerprint density at radius 2 is 0.831 bits per heavy atom. The highest BCUT2D eigenvalue weighted by atomic mass is 15.1. The third-order valence-electron chi connectivity index (χ3n) is 12.9. The quantitative estimate of drug-likeness (QED) is 0.157. The Balaban J connectivity index is 1.09. The van der Waals surface area contributed by atoms with Crippen LogP contribution in [0, 0.1) is 0 Å². The van der Waals surface area contributed by atoms with Crippen molar-refractivity contribution in [1.29, 1.82) is 0 Å². The summed E-state index contributed by atoms with van der Waals surface area (Å²) in [6.07, 6.45) is 0. The molecule has 0 saturated carbocycles. The molecule has 0 bridgehead atoms. The van der Waals surface area contributed by atoms with Crippen LogP contribution in [0.1, 0.15) is 47.2 Å². The van der Waals surface area contributed by atoms with Crippen molar-refractivity contribution in [3.63, 3.8) is 0 Å². The molecular formula is C58H43N. The van der Waals surface area contributed by atoms with Gasteiger partial charge in [0.2, 0.25) is 0 Å². The molecule has 9 aromatic rings. The number of para-hydroxylation sites is 1. The van der Waals surface area contributed by atoms with E-state index in [0.717, 1.165) is 17.1 Å². The van der Waals surface area contributed by atoms with Gasteiger partial charge in [-0.25, -0.2) is 0 Å². The predicted molar refractivity (Wildman–Crippen MR) is 247 cm³/mol. The van der Waals surface area contributed by atoms with Gasteiger partial charge in [0.05, 0.1) is 11.1 Å². The third-order valence-corrected chi connectivity index (χ3v) is 12.9. The lowest BCUT2D eigenvalue weighted by atomic mass is 9.67. The first kappa shape index (κ1) is 35.0. The molecule has 0 amide bonds. The second-order valence-corrected chi connectivity index (χ2v) is 16.4. The van der Waals surface area contributed by atoms with Crippen LogP contribution in [0.15, 0.2) is 224 Å². The number of anilines is 3. The van der Waals surface area contributed by atoms with Gasteiger partial charge < -0.3 is 4.90 Å². The Morgan fingerprint density at radius 3 is 1.51 bits per heavy atom. The van der Waals surface area contributed by atoms with Gasteiger partial charge in [-0.1, -0.05) is 202 Å². The molecule has 0 aromatic heterocycles. The Labute approximate surface area is 347 Å². The highest BCUT2D eigenvalue weighted by Crippen LogP contribution is 2.60. The summed E-state index contributed by atoms with van der Waals surface area (Å²) in [6.45, 7) is 4.77. The minimum absolute atomic E-state index is 0.150. The summed E-state index contributed by atoms with van der Waals surface area (Å²) in [4.78, 5) is 2.47. The van der Waals surface area contributed by atoms with Crippen LogP contribution in [0.5, 0.6) is 0 Å². The second-order valence-electron chi connectivity index (χ2n) is 16.4. The molecule has 0 saturated heterocycles. The van der Waals surface area contributed by atoms with Gasteiger partial charge in [-0.15, -0.1) is 0 Å². The normalized spacial score (nSPS) is 13.9. The molecule has 0 spiro atoms. The summed E-state index contributed by atoms with van der Waals surface area (Å²) >= 11 is 0. The molecule has 0 fully saturated rings. The summed E-state index contributed by atoms with van der Waals surface area (Å²) in [6, 6.07) is 82.8. The van der Waals surface area contributed by atoms with Crippen molar-refractivity contribution in [2.75, 3.05) is 4.90 Å². The van der Waals surface area contributed by atoms with Gasteiger partial charge in [0, 0.05) is 22.4 Å². The van der Waals surface area contributed by atoms with Gasteiger partial charge >= 0.3 is 0 Å². The molecule has 1 nitrogen and oxygen atoms in total. The SMILES string of the molecule is CC1(C)c2ccc(-c3ccccc3)cc2-c2cccc(-c3ccc(N(c4ccccc4)c4cccc5c4C(c4ccccc4)(c4ccccc4)c4ccccc4-5)cc3)c21. The summed E-state index contributed by atoms with van der Waals surface area (Å²) in [5.41, 5.74) is 20.8. The standard InChI is InChI=1S/C58H43N/c1-57(2)52-38-35-42(40-19-7-3-8-20-40)39-51(52)50-29-17-28-47(55(50)57)41-33-36-46(37-34-41)59(45-25-13-6-14-26-45)54-32-18-30-49-48-27-15-16-31-53(48)58(56(49)54,43-21-9-4-10-22-43)44-23-11-5-12-24-44/h3-39H,1-2H3. The first-order chi connectivity index (χ1) is 29.0. The minimum atomic E-state index is -0.538. The van der Waals surface area contributed by atoms with E-state index in [1.165, 1.54) is 77.9 Å². The zero-order valence-electron chi connectivity index (χ0n) is 33.3. The summed E-state index contributed by atoms with van der Waals surface area (Å²) in [5, 5.41) is 0. The molecule has 0 unspecified atom stereocenters. The first-order valence-electron chi connectivity index (χ1n) is 20.7. The van der Waals surface area contributed by atoms with Crippen molar-refractivity contribution in [2.24, 2.45) is 0 Å². The van der Waals surface area contributed by atoms with Crippen LogP contribution < -0.4 is 4.90 Å². The number of fused-ring (bicyclic) bond motifs is 6. The van der Waals surface area contributed by atoms with Gasteiger partial charge in [-0.05, 0) is 109 Å². The molecule has 0 N–H and O–H groups in total. The number of rotatable bonds is 7. The fraction of sp³-hybridized carbons (Fsp3) is 0.0690. The Kier molecular flexibility index (Phi) is 8.13. The van der Waals surface area contributed by atoms with Gasteiger partial charge in [0.1, 0.15) is 0 Å². The fourth-order valence-electron chi connectivity index (χ4n) is 10.4. The largest absolute Gasteiger partial charge is 0.310 e. The predicted octanol–water partition coefficient (Wildman–Crippen LogP) is 15.2. The van der Waals surface area contributed by atoms with E-state index in [9.17, 15) is 0 Å².